The quantitative estimate of drug-likeness (QED) is 0.583. The summed E-state index contributed by atoms with van der Waals surface area (Å²) in [7, 11) is -1.90. The van der Waals surface area contributed by atoms with Crippen LogP contribution in [0.2, 0.25) is 0 Å². The Hall–Kier alpha value is -3.12. The summed E-state index contributed by atoms with van der Waals surface area (Å²) >= 11 is 0. The first-order valence-corrected chi connectivity index (χ1v) is 11.3. The first kappa shape index (κ1) is 21.6. The maximum Gasteiger partial charge on any atom is 0.225 e. The van der Waals surface area contributed by atoms with Crippen molar-refractivity contribution in [2.45, 2.75) is 24.7 Å². The number of methoxy groups -OCH3 is 1. The molecule has 3 aromatic rings. The average Bonchev–Trinajstić information content (AvgIpc) is 2.74. The molecular weight excluding hydrogens is 398 g/mol. The van der Waals surface area contributed by atoms with Crippen molar-refractivity contribution in [1.29, 1.82) is 0 Å². The van der Waals surface area contributed by atoms with E-state index in [4.69, 9.17) is 4.74 Å². The third-order valence-corrected chi connectivity index (χ3v) is 6.51. The van der Waals surface area contributed by atoms with Gasteiger partial charge in [0.05, 0.1) is 17.8 Å². The van der Waals surface area contributed by atoms with Crippen LogP contribution in [0.4, 0.5) is 5.69 Å². The molecule has 0 bridgehead atoms. The van der Waals surface area contributed by atoms with Gasteiger partial charge < -0.3 is 10.1 Å². The molecule has 1 amide bonds. The molecule has 1 N–H and O–H groups in total. The Morgan fingerprint density at radius 1 is 0.967 bits per heavy atom. The summed E-state index contributed by atoms with van der Waals surface area (Å²) in [4.78, 5) is 12.6. The highest BCUT2D eigenvalue weighted by molar-refractivity contribution is 7.91. The highest BCUT2D eigenvalue weighted by atomic mass is 32.2. The first-order chi connectivity index (χ1) is 14.4. The Morgan fingerprint density at radius 2 is 1.67 bits per heavy atom. The van der Waals surface area contributed by atoms with Crippen molar-refractivity contribution in [2.75, 3.05) is 18.2 Å². The topological polar surface area (TPSA) is 72.5 Å². The van der Waals surface area contributed by atoms with Crippen molar-refractivity contribution in [1.82, 2.24) is 0 Å². The lowest BCUT2D eigenvalue weighted by Crippen LogP contribution is -2.17. The summed E-state index contributed by atoms with van der Waals surface area (Å²) in [5.41, 5.74) is 3.66. The number of hydrogen-bond acceptors (Lipinski definition) is 4. The second kappa shape index (κ2) is 9.59. The van der Waals surface area contributed by atoms with Crippen LogP contribution in [0.5, 0.6) is 5.75 Å². The lowest BCUT2D eigenvalue weighted by molar-refractivity contribution is -0.115. The molecule has 0 heterocycles. The minimum Gasteiger partial charge on any atom is -0.496 e. The molecule has 0 atom stereocenters. The van der Waals surface area contributed by atoms with Crippen molar-refractivity contribution in [2.24, 2.45) is 0 Å². The van der Waals surface area contributed by atoms with Crippen molar-refractivity contribution in [3.05, 3.63) is 89.5 Å². The van der Waals surface area contributed by atoms with Gasteiger partial charge in [-0.15, -0.1) is 0 Å². The zero-order valence-corrected chi connectivity index (χ0v) is 17.9. The van der Waals surface area contributed by atoms with Gasteiger partial charge in [-0.25, -0.2) is 8.42 Å². The van der Waals surface area contributed by atoms with Crippen LogP contribution in [-0.4, -0.2) is 27.2 Å². The molecular formula is C24H25NO4S. The van der Waals surface area contributed by atoms with Gasteiger partial charge in [0.2, 0.25) is 5.91 Å². The van der Waals surface area contributed by atoms with E-state index in [1.165, 1.54) is 0 Å². The molecule has 30 heavy (non-hydrogen) atoms. The van der Waals surface area contributed by atoms with Gasteiger partial charge in [-0.2, -0.15) is 0 Å². The summed E-state index contributed by atoms with van der Waals surface area (Å²) in [6, 6.07) is 22.0. The molecule has 6 heteroatoms. The second-order valence-corrected chi connectivity index (χ2v) is 9.23. The highest BCUT2D eigenvalue weighted by Crippen LogP contribution is 2.25. The van der Waals surface area contributed by atoms with Gasteiger partial charge >= 0.3 is 0 Å². The van der Waals surface area contributed by atoms with Crippen molar-refractivity contribution in [3.63, 3.8) is 0 Å². The van der Waals surface area contributed by atoms with E-state index < -0.39 is 9.84 Å². The summed E-state index contributed by atoms with van der Waals surface area (Å²) in [6.07, 6.45) is 0.547. The van der Waals surface area contributed by atoms with E-state index in [0.717, 1.165) is 22.4 Å². The molecule has 0 unspecified atom stereocenters. The molecule has 3 rings (SSSR count). The summed E-state index contributed by atoms with van der Waals surface area (Å²) in [5, 5.41) is 2.79. The molecule has 0 aromatic heterocycles. The minimum absolute atomic E-state index is 0.115. The van der Waals surface area contributed by atoms with Gasteiger partial charge in [-0.3, -0.25) is 4.79 Å². The number of ether oxygens (including phenoxy) is 1. The fourth-order valence-electron chi connectivity index (χ4n) is 3.12. The summed E-state index contributed by atoms with van der Waals surface area (Å²) < 4.78 is 30.3. The van der Waals surface area contributed by atoms with Crippen LogP contribution in [0.1, 0.15) is 23.1 Å². The van der Waals surface area contributed by atoms with Crippen LogP contribution >= 0.6 is 0 Å². The Bertz CT molecular complexity index is 1110. The normalized spacial score (nSPS) is 11.1. The minimum atomic E-state index is -3.50. The van der Waals surface area contributed by atoms with Crippen molar-refractivity contribution < 1.29 is 17.9 Å². The number of carbonyl (C=O) groups excluding carboxylic acids is 1. The Labute approximate surface area is 177 Å². The number of hydrogen-bond donors (Lipinski definition) is 1. The average molecular weight is 424 g/mol. The number of anilines is 1. The Morgan fingerprint density at radius 3 is 2.33 bits per heavy atom. The molecule has 3 aromatic carbocycles. The molecule has 0 spiro atoms. The largest absolute Gasteiger partial charge is 0.496 e. The second-order valence-electron chi connectivity index (χ2n) is 7.12. The lowest BCUT2D eigenvalue weighted by Gasteiger charge is -2.12. The predicted molar refractivity (Wildman–Crippen MR) is 119 cm³/mol. The Balaban J connectivity index is 1.66. The van der Waals surface area contributed by atoms with Gasteiger partial charge in [0.15, 0.2) is 9.84 Å². The number of sulfone groups is 1. The zero-order chi connectivity index (χ0) is 21.6. The Kier molecular flexibility index (Phi) is 6.90. The number of benzene rings is 3. The smallest absolute Gasteiger partial charge is 0.225 e. The van der Waals surface area contributed by atoms with E-state index in [1.807, 2.05) is 43.3 Å². The van der Waals surface area contributed by atoms with E-state index in [-0.39, 0.29) is 23.0 Å². The van der Waals surface area contributed by atoms with Crippen molar-refractivity contribution >= 4 is 21.4 Å². The molecule has 0 aliphatic heterocycles. The number of aryl methyl sites for hydroxylation is 1. The van der Waals surface area contributed by atoms with Gasteiger partial charge in [0.25, 0.3) is 0 Å². The molecule has 0 saturated carbocycles. The molecule has 0 saturated heterocycles. The number of amides is 1. The summed E-state index contributed by atoms with van der Waals surface area (Å²) in [5.74, 6) is 0.148. The highest BCUT2D eigenvalue weighted by Gasteiger charge is 2.17. The van der Waals surface area contributed by atoms with Gasteiger partial charge in [-0.1, -0.05) is 48.0 Å². The fourth-order valence-corrected chi connectivity index (χ4v) is 4.36. The van der Waals surface area contributed by atoms with Gasteiger partial charge in [-0.05, 0) is 42.8 Å². The standard InChI is InChI=1S/C24H25NO4S/c1-18-8-11-22(12-9-18)30(27,28)15-14-24(26)25-21-10-13-23(29-2)20(17-21)16-19-6-4-3-5-7-19/h3-13,17H,14-16H2,1-2H3,(H,25,26). The van der Waals surface area contributed by atoms with Crippen LogP contribution < -0.4 is 10.1 Å². The SMILES string of the molecule is COc1ccc(NC(=O)CCS(=O)(=O)c2ccc(C)cc2)cc1Cc1ccccc1. The first-order valence-electron chi connectivity index (χ1n) is 9.67. The fraction of sp³-hybridized carbons (Fsp3) is 0.208. The number of rotatable bonds is 8. The van der Waals surface area contributed by atoms with Crippen LogP contribution in [-0.2, 0) is 21.1 Å². The zero-order valence-electron chi connectivity index (χ0n) is 17.1. The molecule has 5 nitrogen and oxygen atoms in total. The van der Waals surface area contributed by atoms with Gasteiger partial charge in [0, 0.05) is 24.1 Å². The van der Waals surface area contributed by atoms with E-state index in [9.17, 15) is 13.2 Å². The molecule has 0 radical (unpaired) electrons. The van der Waals surface area contributed by atoms with Crippen LogP contribution in [0.15, 0.2) is 77.7 Å². The van der Waals surface area contributed by atoms with E-state index in [0.29, 0.717) is 12.1 Å². The lowest BCUT2D eigenvalue weighted by atomic mass is 10.0. The maximum absolute atomic E-state index is 12.4. The maximum atomic E-state index is 12.4. The monoisotopic (exact) mass is 423 g/mol. The van der Waals surface area contributed by atoms with Crippen LogP contribution in [0, 0.1) is 6.92 Å². The van der Waals surface area contributed by atoms with Crippen LogP contribution in [0.25, 0.3) is 0 Å². The molecule has 0 aliphatic carbocycles. The predicted octanol–water partition coefficient (Wildman–Crippen LogP) is 4.40. The van der Waals surface area contributed by atoms with Gasteiger partial charge in [0.1, 0.15) is 5.75 Å². The molecule has 0 fully saturated rings. The van der Waals surface area contributed by atoms with E-state index >= 15 is 0 Å². The van der Waals surface area contributed by atoms with Crippen molar-refractivity contribution in [3.8, 4) is 5.75 Å². The number of carbonyl (C=O) groups is 1. The van der Waals surface area contributed by atoms with E-state index in [2.05, 4.69) is 5.32 Å². The van der Waals surface area contributed by atoms with Crippen LogP contribution in [0.3, 0.4) is 0 Å². The molecule has 156 valence electrons. The van der Waals surface area contributed by atoms with E-state index in [1.54, 1.807) is 43.5 Å². The third kappa shape index (κ3) is 5.70. The summed E-state index contributed by atoms with van der Waals surface area (Å²) in [6.45, 7) is 1.89. The third-order valence-electron chi connectivity index (χ3n) is 4.78. The number of nitrogens with one attached hydrogen (secondary N) is 1. The molecule has 0 aliphatic rings.